The maximum Gasteiger partial charge on any atom is 0.362 e. The third kappa shape index (κ3) is 19.5. The molecule has 0 aliphatic heterocycles. The predicted molar refractivity (Wildman–Crippen MR) is 142 cm³/mol. The molecule has 1 unspecified atom stereocenters. The molecule has 0 aliphatic rings. The van der Waals surface area contributed by atoms with Crippen molar-refractivity contribution in [3.8, 4) is 0 Å². The Morgan fingerprint density at radius 3 is 1.42 bits per heavy atom. The molecule has 0 bridgehead atoms. The van der Waals surface area contributed by atoms with E-state index in [1.807, 2.05) is 21.1 Å². The van der Waals surface area contributed by atoms with Crippen LogP contribution < -0.4 is 0 Å². The predicted octanol–water partition coefficient (Wildman–Crippen LogP) is 7.32. The molecule has 6 heteroatoms. The zero-order chi connectivity index (χ0) is 25.1. The lowest BCUT2D eigenvalue weighted by Gasteiger charge is -2.35. The average Bonchev–Trinajstić information content (AvgIpc) is 2.70. The molecule has 0 heterocycles. The molecule has 0 fully saturated rings. The van der Waals surface area contributed by atoms with Gasteiger partial charge in [-0.15, -0.1) is 0 Å². The van der Waals surface area contributed by atoms with E-state index in [0.717, 1.165) is 38.5 Å². The van der Waals surface area contributed by atoms with Gasteiger partial charge in [-0.05, 0) is 64.2 Å². The van der Waals surface area contributed by atoms with Gasteiger partial charge in [0, 0.05) is 0 Å². The Hall–Kier alpha value is -0.450. The average molecular weight is 489 g/mol. The highest BCUT2D eigenvalue weighted by Gasteiger charge is 2.48. The van der Waals surface area contributed by atoms with Crippen LogP contribution in [0.4, 0.5) is 0 Å². The van der Waals surface area contributed by atoms with Crippen molar-refractivity contribution in [2.75, 3.05) is 27.7 Å². The topological polar surface area (TPSA) is 77.8 Å². The highest BCUT2D eigenvalue weighted by atomic mass is 31.2. The lowest BCUT2D eigenvalue weighted by molar-refractivity contribution is -0.875. The summed E-state index contributed by atoms with van der Waals surface area (Å²) < 4.78 is 12.1. The van der Waals surface area contributed by atoms with Crippen LogP contribution in [-0.2, 0) is 4.57 Å². The summed E-state index contributed by atoms with van der Waals surface area (Å²) in [6.07, 6.45) is 28.4. The molecule has 0 saturated carbocycles. The van der Waals surface area contributed by atoms with Crippen molar-refractivity contribution in [1.82, 2.24) is 0 Å². The fraction of sp³-hybridized carbons (Fsp3) is 0.852. The SMILES string of the molecule is CCCCCCC/C=C\CCCC/C=C\CCCCCCCC(O)(C[N+](C)(C)C)P(=O)(O)O. The third-order valence-corrected chi connectivity index (χ3v) is 7.47. The second-order valence-corrected chi connectivity index (χ2v) is 12.6. The molecular formula is C27H55NO4P+. The molecule has 0 aromatic carbocycles. The van der Waals surface area contributed by atoms with E-state index < -0.39 is 12.9 Å². The second kappa shape index (κ2) is 18.8. The summed E-state index contributed by atoms with van der Waals surface area (Å²) in [5, 5.41) is 8.62. The minimum Gasteiger partial charge on any atom is -0.373 e. The Balaban J connectivity index is 3.65. The van der Waals surface area contributed by atoms with Crippen molar-refractivity contribution in [1.29, 1.82) is 0 Å². The van der Waals surface area contributed by atoms with Crippen LogP contribution in [0.15, 0.2) is 24.3 Å². The summed E-state index contributed by atoms with van der Waals surface area (Å²) >= 11 is 0. The van der Waals surface area contributed by atoms with E-state index in [0.29, 0.717) is 10.9 Å². The van der Waals surface area contributed by atoms with E-state index >= 15 is 0 Å². The fourth-order valence-corrected chi connectivity index (χ4v) is 5.20. The Morgan fingerprint density at radius 2 is 1.03 bits per heavy atom. The monoisotopic (exact) mass is 488 g/mol. The summed E-state index contributed by atoms with van der Waals surface area (Å²) in [4.78, 5) is 19.2. The first-order chi connectivity index (χ1) is 15.5. The molecule has 1 atom stereocenters. The molecule has 3 N–H and O–H groups in total. The van der Waals surface area contributed by atoms with Crippen LogP contribution in [0, 0.1) is 0 Å². The zero-order valence-electron chi connectivity index (χ0n) is 22.2. The number of hydrogen-bond acceptors (Lipinski definition) is 2. The van der Waals surface area contributed by atoms with Gasteiger partial charge in [0.25, 0.3) is 0 Å². The number of unbranched alkanes of at least 4 members (excludes halogenated alkanes) is 13. The van der Waals surface area contributed by atoms with E-state index in [9.17, 15) is 19.5 Å². The molecule has 0 aromatic rings. The standard InChI is InChI=1S/C27H54NO4P/c1-5-6-7-8-9-10-11-12-13-14-15-16-17-18-19-20-21-22-23-24-25-27(29,33(30,31)32)26-28(2,3)4/h11-12,17-18,29H,5-10,13-16,19-26H2,1-4H3,(H-,30,31,32)/p+1/b12-11-,18-17-. The van der Waals surface area contributed by atoms with Crippen LogP contribution in [0.2, 0.25) is 0 Å². The Morgan fingerprint density at radius 1 is 0.667 bits per heavy atom. The largest absolute Gasteiger partial charge is 0.373 e. The second-order valence-electron chi connectivity index (χ2n) is 10.7. The molecule has 33 heavy (non-hydrogen) atoms. The maximum absolute atomic E-state index is 11.8. The highest BCUT2D eigenvalue weighted by Crippen LogP contribution is 2.52. The molecular weight excluding hydrogens is 433 g/mol. The van der Waals surface area contributed by atoms with E-state index in [1.165, 1.54) is 57.8 Å². The van der Waals surface area contributed by atoms with Crippen molar-refractivity contribution in [3.63, 3.8) is 0 Å². The number of quaternary nitrogens is 1. The van der Waals surface area contributed by atoms with E-state index in [2.05, 4.69) is 31.2 Å². The number of aliphatic hydroxyl groups is 1. The molecule has 0 aliphatic carbocycles. The molecule has 0 amide bonds. The van der Waals surface area contributed by atoms with Gasteiger partial charge in [0.15, 0.2) is 0 Å². The van der Waals surface area contributed by atoms with E-state index in [4.69, 9.17) is 0 Å². The molecule has 196 valence electrons. The van der Waals surface area contributed by atoms with Gasteiger partial charge in [-0.1, -0.05) is 76.2 Å². The van der Waals surface area contributed by atoms with Crippen molar-refractivity contribution >= 4 is 7.60 Å². The van der Waals surface area contributed by atoms with Crippen molar-refractivity contribution in [2.45, 2.75) is 121 Å². The van der Waals surface area contributed by atoms with Crippen LogP contribution in [0.5, 0.6) is 0 Å². The quantitative estimate of drug-likeness (QED) is 0.0645. The molecule has 0 saturated heterocycles. The van der Waals surface area contributed by atoms with Gasteiger partial charge in [0.2, 0.25) is 5.34 Å². The van der Waals surface area contributed by atoms with Crippen LogP contribution >= 0.6 is 7.60 Å². The van der Waals surface area contributed by atoms with Crippen LogP contribution in [0.3, 0.4) is 0 Å². The van der Waals surface area contributed by atoms with Gasteiger partial charge in [0.1, 0.15) is 6.54 Å². The zero-order valence-corrected chi connectivity index (χ0v) is 23.1. The lowest BCUT2D eigenvalue weighted by Crippen LogP contribution is -2.49. The summed E-state index contributed by atoms with van der Waals surface area (Å²) in [6, 6.07) is 0. The van der Waals surface area contributed by atoms with E-state index in [1.54, 1.807) is 0 Å². The molecule has 5 nitrogen and oxygen atoms in total. The van der Waals surface area contributed by atoms with Gasteiger partial charge in [-0.25, -0.2) is 0 Å². The van der Waals surface area contributed by atoms with Gasteiger partial charge in [-0.3, -0.25) is 4.57 Å². The first kappa shape index (κ1) is 32.5. The number of hydrogen-bond donors (Lipinski definition) is 3. The number of allylic oxidation sites excluding steroid dienone is 4. The van der Waals surface area contributed by atoms with Gasteiger partial charge >= 0.3 is 7.60 Å². The van der Waals surface area contributed by atoms with Crippen molar-refractivity contribution in [3.05, 3.63) is 24.3 Å². The normalized spacial score (nSPS) is 15.0. The Bertz CT molecular complexity index is 565. The maximum atomic E-state index is 11.8. The first-order valence-electron chi connectivity index (χ1n) is 13.4. The number of nitrogens with zero attached hydrogens (tertiary/aromatic N) is 1. The first-order valence-corrected chi connectivity index (χ1v) is 15.0. The lowest BCUT2D eigenvalue weighted by atomic mass is 10.1. The number of likely N-dealkylation sites (N-methyl/N-ethyl adjacent to an activating group) is 1. The van der Waals surface area contributed by atoms with Crippen LogP contribution in [-0.4, -0.2) is 52.4 Å². The van der Waals surface area contributed by atoms with Crippen molar-refractivity contribution < 1.29 is 23.9 Å². The Labute approximate surface area is 205 Å². The minimum atomic E-state index is -4.55. The minimum absolute atomic E-state index is 0.0531. The van der Waals surface area contributed by atoms with Gasteiger partial charge in [0.05, 0.1) is 21.1 Å². The summed E-state index contributed by atoms with van der Waals surface area (Å²) in [7, 11) is 0.955. The van der Waals surface area contributed by atoms with Gasteiger partial charge < -0.3 is 19.4 Å². The number of rotatable bonds is 22. The molecule has 0 aromatic heterocycles. The highest BCUT2D eigenvalue weighted by molar-refractivity contribution is 7.53. The summed E-state index contributed by atoms with van der Waals surface area (Å²) in [5.74, 6) is 0. The van der Waals surface area contributed by atoms with Gasteiger partial charge in [-0.2, -0.15) is 0 Å². The fourth-order valence-electron chi connectivity index (χ4n) is 4.14. The smallest absolute Gasteiger partial charge is 0.362 e. The Kier molecular flexibility index (Phi) is 18.6. The van der Waals surface area contributed by atoms with Crippen molar-refractivity contribution in [2.24, 2.45) is 0 Å². The summed E-state index contributed by atoms with van der Waals surface area (Å²) in [5.41, 5.74) is 0. The molecule has 0 spiro atoms. The summed E-state index contributed by atoms with van der Waals surface area (Å²) in [6.45, 7) is 2.31. The molecule has 0 rings (SSSR count). The van der Waals surface area contributed by atoms with Crippen LogP contribution in [0.1, 0.15) is 116 Å². The molecule has 0 radical (unpaired) electrons. The van der Waals surface area contributed by atoms with Crippen LogP contribution in [0.25, 0.3) is 0 Å². The van der Waals surface area contributed by atoms with E-state index in [-0.39, 0.29) is 13.0 Å². The third-order valence-electron chi connectivity index (χ3n) is 6.02.